The summed E-state index contributed by atoms with van der Waals surface area (Å²) in [6.45, 7) is 2.40. The third-order valence-corrected chi connectivity index (χ3v) is 2.58. The Balaban J connectivity index is 2.69. The highest BCUT2D eigenvalue weighted by Crippen LogP contribution is 2.25. The van der Waals surface area contributed by atoms with Gasteiger partial charge in [-0.1, -0.05) is 0 Å². The van der Waals surface area contributed by atoms with Crippen molar-refractivity contribution in [1.29, 1.82) is 0 Å². The molecule has 18 heavy (non-hydrogen) atoms. The minimum absolute atomic E-state index is 0.377. The van der Waals surface area contributed by atoms with Crippen LogP contribution in [-0.2, 0) is 4.74 Å². The summed E-state index contributed by atoms with van der Waals surface area (Å²) in [5.41, 5.74) is 4.66. The Kier molecular flexibility index (Phi) is 5.44. The van der Waals surface area contributed by atoms with E-state index in [1.807, 2.05) is 6.92 Å². The van der Waals surface area contributed by atoms with Crippen LogP contribution in [0.4, 0.5) is 4.79 Å². The summed E-state index contributed by atoms with van der Waals surface area (Å²) in [6, 6.07) is 4.85. The molecule has 0 aliphatic heterocycles. The molecule has 1 aromatic rings. The quantitative estimate of drug-likeness (QED) is 0.834. The highest BCUT2D eigenvalue weighted by molar-refractivity contribution is 9.10. The van der Waals surface area contributed by atoms with Gasteiger partial charge in [-0.2, -0.15) is 0 Å². The number of nitrogens with one attached hydrogen (secondary N) is 2. The normalized spacial score (nSPS) is 9.50. The van der Waals surface area contributed by atoms with Crippen molar-refractivity contribution < 1.29 is 19.1 Å². The largest absolute Gasteiger partial charge is 0.493 e. The van der Waals surface area contributed by atoms with Gasteiger partial charge in [0.1, 0.15) is 5.75 Å². The van der Waals surface area contributed by atoms with Gasteiger partial charge < -0.3 is 9.47 Å². The van der Waals surface area contributed by atoms with E-state index in [0.29, 0.717) is 22.4 Å². The van der Waals surface area contributed by atoms with E-state index in [0.717, 1.165) is 0 Å². The molecule has 0 radical (unpaired) electrons. The molecule has 1 aromatic carbocycles. The second-order valence-electron chi connectivity index (χ2n) is 3.15. The number of carbonyl (C=O) groups excluding carboxylic acids is 2. The van der Waals surface area contributed by atoms with Crippen molar-refractivity contribution in [3.8, 4) is 5.75 Å². The molecule has 0 saturated carbocycles. The number of benzene rings is 1. The lowest BCUT2D eigenvalue weighted by atomic mass is 10.2. The van der Waals surface area contributed by atoms with Crippen molar-refractivity contribution in [3.05, 3.63) is 28.2 Å². The Bertz CT molecular complexity index is 451. The van der Waals surface area contributed by atoms with Crippen LogP contribution in [0, 0.1) is 0 Å². The van der Waals surface area contributed by atoms with E-state index in [-0.39, 0.29) is 0 Å². The smallest absolute Gasteiger partial charge is 0.425 e. The summed E-state index contributed by atoms with van der Waals surface area (Å²) < 4.78 is 10.3. The number of rotatable bonds is 3. The molecule has 0 aliphatic rings. The summed E-state index contributed by atoms with van der Waals surface area (Å²) in [5, 5.41) is 0. The number of ether oxygens (including phenoxy) is 2. The molecule has 98 valence electrons. The van der Waals surface area contributed by atoms with E-state index in [1.54, 1.807) is 18.2 Å². The molecule has 0 aliphatic carbocycles. The van der Waals surface area contributed by atoms with E-state index in [4.69, 9.17) is 4.74 Å². The molecule has 7 heteroatoms. The van der Waals surface area contributed by atoms with Crippen LogP contribution in [0.25, 0.3) is 0 Å². The zero-order chi connectivity index (χ0) is 13.5. The molecular weight excluding hydrogens is 304 g/mol. The van der Waals surface area contributed by atoms with E-state index in [9.17, 15) is 9.59 Å². The van der Waals surface area contributed by atoms with E-state index < -0.39 is 12.0 Å². The number of methoxy groups -OCH3 is 1. The number of hydrogen-bond acceptors (Lipinski definition) is 4. The zero-order valence-corrected chi connectivity index (χ0v) is 11.5. The van der Waals surface area contributed by atoms with Gasteiger partial charge in [-0.25, -0.2) is 10.2 Å². The monoisotopic (exact) mass is 316 g/mol. The number of carbonyl (C=O) groups is 2. The number of hydrazine groups is 1. The molecule has 0 aromatic heterocycles. The third-order valence-electron chi connectivity index (χ3n) is 1.96. The first-order valence-corrected chi connectivity index (χ1v) is 5.94. The van der Waals surface area contributed by atoms with Crippen LogP contribution in [-0.4, -0.2) is 25.7 Å². The van der Waals surface area contributed by atoms with Crippen molar-refractivity contribution >= 4 is 27.9 Å². The van der Waals surface area contributed by atoms with Crippen molar-refractivity contribution in [2.24, 2.45) is 0 Å². The van der Waals surface area contributed by atoms with Gasteiger partial charge >= 0.3 is 6.09 Å². The molecule has 0 heterocycles. The van der Waals surface area contributed by atoms with Gasteiger partial charge in [0.15, 0.2) is 0 Å². The van der Waals surface area contributed by atoms with Gasteiger partial charge in [0.2, 0.25) is 0 Å². The second kappa shape index (κ2) is 6.85. The van der Waals surface area contributed by atoms with Crippen LogP contribution >= 0.6 is 15.9 Å². The van der Waals surface area contributed by atoms with E-state index >= 15 is 0 Å². The minimum atomic E-state index is -0.742. The lowest BCUT2D eigenvalue weighted by molar-refractivity contribution is 0.0920. The molecular formula is C11H13BrN2O4. The summed E-state index contributed by atoms with van der Waals surface area (Å²) in [7, 11) is 1.20. The fraction of sp³-hybridized carbons (Fsp3) is 0.273. The van der Waals surface area contributed by atoms with Crippen molar-refractivity contribution in [3.63, 3.8) is 0 Å². The maximum Gasteiger partial charge on any atom is 0.425 e. The number of halogens is 1. The Morgan fingerprint density at radius 2 is 2.06 bits per heavy atom. The lowest BCUT2D eigenvalue weighted by Crippen LogP contribution is -2.41. The van der Waals surface area contributed by atoms with Crippen LogP contribution < -0.4 is 15.6 Å². The Hall–Kier alpha value is -1.76. The highest BCUT2D eigenvalue weighted by atomic mass is 79.9. The van der Waals surface area contributed by atoms with Gasteiger partial charge in [0.05, 0.1) is 18.2 Å². The van der Waals surface area contributed by atoms with E-state index in [1.165, 1.54) is 7.11 Å². The Morgan fingerprint density at radius 1 is 1.33 bits per heavy atom. The maximum atomic E-state index is 11.6. The Morgan fingerprint density at radius 3 is 2.61 bits per heavy atom. The summed E-state index contributed by atoms with van der Waals surface area (Å²) in [5.74, 6) is 0.194. The third kappa shape index (κ3) is 3.92. The zero-order valence-electron chi connectivity index (χ0n) is 9.95. The van der Waals surface area contributed by atoms with Crippen LogP contribution in [0.1, 0.15) is 17.3 Å². The van der Waals surface area contributed by atoms with Gasteiger partial charge in [-0.05, 0) is 41.1 Å². The average Bonchev–Trinajstić information content (AvgIpc) is 2.38. The van der Waals surface area contributed by atoms with Gasteiger partial charge in [-0.15, -0.1) is 0 Å². The minimum Gasteiger partial charge on any atom is -0.493 e. The average molecular weight is 317 g/mol. The molecule has 0 atom stereocenters. The van der Waals surface area contributed by atoms with Crippen molar-refractivity contribution in [1.82, 2.24) is 10.9 Å². The van der Waals surface area contributed by atoms with Crippen LogP contribution in [0.5, 0.6) is 5.75 Å². The predicted molar refractivity (Wildman–Crippen MR) is 68.3 cm³/mol. The summed E-state index contributed by atoms with van der Waals surface area (Å²) in [4.78, 5) is 22.4. The topological polar surface area (TPSA) is 76.7 Å². The first-order valence-electron chi connectivity index (χ1n) is 5.15. The molecule has 0 unspecified atom stereocenters. The highest BCUT2D eigenvalue weighted by Gasteiger charge is 2.09. The molecule has 2 amide bonds. The van der Waals surface area contributed by atoms with Crippen LogP contribution in [0.3, 0.4) is 0 Å². The Labute approximate surface area is 113 Å². The van der Waals surface area contributed by atoms with Gasteiger partial charge in [0.25, 0.3) is 5.91 Å². The summed E-state index contributed by atoms with van der Waals surface area (Å²) in [6.07, 6.45) is -0.742. The molecule has 1 rings (SSSR count). The van der Waals surface area contributed by atoms with Crippen LogP contribution in [0.2, 0.25) is 0 Å². The van der Waals surface area contributed by atoms with Crippen LogP contribution in [0.15, 0.2) is 22.7 Å². The second-order valence-corrected chi connectivity index (χ2v) is 4.00. The fourth-order valence-electron chi connectivity index (χ4n) is 1.15. The maximum absolute atomic E-state index is 11.6. The lowest BCUT2D eigenvalue weighted by Gasteiger charge is -2.09. The number of amides is 2. The molecule has 0 saturated heterocycles. The number of hydrogen-bond donors (Lipinski definition) is 2. The SMILES string of the molecule is CCOc1ccc(C(=O)NNC(=O)OC)cc1Br. The molecule has 0 spiro atoms. The summed E-state index contributed by atoms with van der Waals surface area (Å²) >= 11 is 3.29. The molecule has 0 bridgehead atoms. The molecule has 6 nitrogen and oxygen atoms in total. The predicted octanol–water partition coefficient (Wildman–Crippen LogP) is 1.85. The van der Waals surface area contributed by atoms with Gasteiger partial charge in [0, 0.05) is 5.56 Å². The molecule has 2 N–H and O–H groups in total. The standard InChI is InChI=1S/C11H13BrN2O4/c1-3-18-9-5-4-7(6-8(9)12)10(15)13-14-11(16)17-2/h4-6H,3H2,1-2H3,(H,13,15)(H,14,16). The van der Waals surface area contributed by atoms with Crippen molar-refractivity contribution in [2.45, 2.75) is 6.92 Å². The van der Waals surface area contributed by atoms with Gasteiger partial charge in [-0.3, -0.25) is 10.2 Å². The van der Waals surface area contributed by atoms with Crippen molar-refractivity contribution in [2.75, 3.05) is 13.7 Å². The molecule has 0 fully saturated rings. The van der Waals surface area contributed by atoms with E-state index in [2.05, 4.69) is 31.5 Å². The first-order chi connectivity index (χ1) is 8.58. The fourth-order valence-corrected chi connectivity index (χ4v) is 1.64. The first kappa shape index (κ1) is 14.3.